The van der Waals surface area contributed by atoms with Crippen LogP contribution in [0.5, 0.6) is 0 Å². The average molecular weight is 535 g/mol. The van der Waals surface area contributed by atoms with E-state index in [9.17, 15) is 20.2 Å². The largest absolute Gasteiger partial charge is 0.324 e. The number of carbonyl (C=O) groups is 1. The number of aromatic nitrogens is 1. The number of nitro benzene ring substituents is 1. The Kier molecular flexibility index (Phi) is 7.86. The molecular formula is C26H16Cl2N4O3S. The van der Waals surface area contributed by atoms with E-state index in [0.717, 1.165) is 17.3 Å². The summed E-state index contributed by atoms with van der Waals surface area (Å²) >= 11 is 13.6. The van der Waals surface area contributed by atoms with E-state index >= 15 is 0 Å². The number of nitrogens with one attached hydrogen (secondary N) is 1. The highest BCUT2D eigenvalue weighted by Gasteiger charge is 2.19. The average Bonchev–Trinajstić information content (AvgIpc) is 2.88. The highest BCUT2D eigenvalue weighted by Crippen LogP contribution is 2.37. The maximum atomic E-state index is 12.7. The number of nitriles is 1. The number of nitro groups is 1. The maximum absolute atomic E-state index is 12.7. The van der Waals surface area contributed by atoms with Crippen LogP contribution < -0.4 is 5.32 Å². The maximum Gasteiger partial charge on any atom is 0.271 e. The van der Waals surface area contributed by atoms with E-state index < -0.39 is 10.8 Å². The Balaban J connectivity index is 1.66. The predicted octanol–water partition coefficient (Wildman–Crippen LogP) is 7.23. The van der Waals surface area contributed by atoms with Crippen LogP contribution in [0.25, 0.3) is 22.4 Å². The minimum Gasteiger partial charge on any atom is -0.324 e. The summed E-state index contributed by atoms with van der Waals surface area (Å²) in [7, 11) is 0. The number of nitrogens with zero attached hydrogens (tertiary/aromatic N) is 3. The first-order valence-corrected chi connectivity index (χ1v) is 12.2. The van der Waals surface area contributed by atoms with Crippen molar-refractivity contribution in [2.24, 2.45) is 0 Å². The van der Waals surface area contributed by atoms with E-state index in [4.69, 9.17) is 23.2 Å². The van der Waals surface area contributed by atoms with E-state index in [0.29, 0.717) is 32.4 Å². The highest BCUT2D eigenvalue weighted by atomic mass is 35.5. The molecule has 0 bridgehead atoms. The van der Waals surface area contributed by atoms with E-state index in [-0.39, 0.29) is 22.2 Å². The van der Waals surface area contributed by atoms with Gasteiger partial charge < -0.3 is 5.32 Å². The fourth-order valence-electron chi connectivity index (χ4n) is 3.42. The number of halogens is 2. The normalized spacial score (nSPS) is 10.5. The second-order valence-electron chi connectivity index (χ2n) is 7.45. The van der Waals surface area contributed by atoms with Crippen LogP contribution in [0.2, 0.25) is 10.0 Å². The molecule has 0 unspecified atom stereocenters. The lowest BCUT2D eigenvalue weighted by molar-refractivity contribution is -0.384. The molecule has 0 aliphatic carbocycles. The third kappa shape index (κ3) is 5.66. The monoisotopic (exact) mass is 534 g/mol. The molecule has 3 aromatic carbocycles. The number of rotatable bonds is 7. The van der Waals surface area contributed by atoms with Gasteiger partial charge in [-0.1, -0.05) is 83.5 Å². The number of benzene rings is 3. The molecule has 0 spiro atoms. The Morgan fingerprint density at radius 2 is 1.72 bits per heavy atom. The SMILES string of the molecule is N#Cc1c(-c2ccccc2Cl)cc(-c2ccccc2)nc1SCC(=O)Nc1ccc([N+](=O)[O-])cc1Cl. The first kappa shape index (κ1) is 25.2. The van der Waals surface area contributed by atoms with Crippen LogP contribution in [-0.2, 0) is 4.79 Å². The molecule has 178 valence electrons. The number of hydrogen-bond acceptors (Lipinski definition) is 6. The van der Waals surface area contributed by atoms with Gasteiger partial charge in [0.05, 0.1) is 32.6 Å². The van der Waals surface area contributed by atoms with Crippen molar-refractivity contribution in [2.45, 2.75) is 5.03 Å². The quantitative estimate of drug-likeness (QED) is 0.152. The predicted molar refractivity (Wildman–Crippen MR) is 142 cm³/mol. The summed E-state index contributed by atoms with van der Waals surface area (Å²) in [4.78, 5) is 27.7. The van der Waals surface area contributed by atoms with Gasteiger partial charge in [-0.05, 0) is 18.2 Å². The van der Waals surface area contributed by atoms with Crippen molar-refractivity contribution in [2.75, 3.05) is 11.1 Å². The van der Waals surface area contributed by atoms with Crippen molar-refractivity contribution >= 4 is 52.2 Å². The molecule has 4 rings (SSSR count). The minimum atomic E-state index is -0.571. The minimum absolute atomic E-state index is 0.0467. The first-order chi connectivity index (χ1) is 17.4. The zero-order valence-electron chi connectivity index (χ0n) is 18.4. The number of pyridine rings is 1. The van der Waals surface area contributed by atoms with Crippen molar-refractivity contribution < 1.29 is 9.72 Å². The molecule has 0 aliphatic rings. The Labute approximate surface area is 220 Å². The van der Waals surface area contributed by atoms with Crippen LogP contribution in [0, 0.1) is 21.4 Å². The molecule has 0 aliphatic heterocycles. The molecule has 10 heteroatoms. The summed E-state index contributed by atoms with van der Waals surface area (Å²) in [5.74, 6) is -0.485. The van der Waals surface area contributed by atoms with Crippen LogP contribution in [-0.4, -0.2) is 21.6 Å². The summed E-state index contributed by atoms with van der Waals surface area (Å²) in [6.07, 6.45) is 0. The number of carbonyl (C=O) groups excluding carboxylic acids is 1. The zero-order valence-corrected chi connectivity index (χ0v) is 20.8. The first-order valence-electron chi connectivity index (χ1n) is 10.5. The molecule has 1 N–H and O–H groups in total. The number of non-ortho nitro benzene ring substituents is 1. The summed E-state index contributed by atoms with van der Waals surface area (Å²) in [5, 5.41) is 24.5. The number of thioether (sulfide) groups is 1. The van der Waals surface area contributed by atoms with Crippen LogP contribution in [0.15, 0.2) is 83.9 Å². The molecule has 0 saturated carbocycles. The standard InChI is InChI=1S/C26H16Cl2N4O3S/c27-21-9-5-4-8-18(21)19-13-24(16-6-2-1-3-7-16)31-26(20(19)14-29)36-15-25(33)30-23-11-10-17(32(34)35)12-22(23)28/h1-13H,15H2,(H,30,33). The molecule has 4 aromatic rings. The molecule has 36 heavy (non-hydrogen) atoms. The Bertz CT molecular complexity index is 1510. The van der Waals surface area contributed by atoms with Crippen LogP contribution in [0.4, 0.5) is 11.4 Å². The molecule has 0 radical (unpaired) electrons. The van der Waals surface area contributed by atoms with E-state index in [1.54, 1.807) is 12.1 Å². The number of amides is 1. The summed E-state index contributed by atoms with van der Waals surface area (Å²) < 4.78 is 0. The topological polar surface area (TPSA) is 109 Å². The van der Waals surface area contributed by atoms with Gasteiger partial charge in [-0.25, -0.2) is 4.98 Å². The van der Waals surface area contributed by atoms with Gasteiger partial charge in [0.2, 0.25) is 5.91 Å². The van der Waals surface area contributed by atoms with Crippen LogP contribution in [0.1, 0.15) is 5.56 Å². The molecule has 1 aromatic heterocycles. The Hall–Kier alpha value is -3.90. The van der Waals surface area contributed by atoms with Crippen LogP contribution in [0.3, 0.4) is 0 Å². The van der Waals surface area contributed by atoms with Crippen molar-refractivity contribution in [3.05, 3.63) is 105 Å². The number of anilines is 1. The molecule has 1 heterocycles. The van der Waals surface area contributed by atoms with Gasteiger partial charge in [-0.3, -0.25) is 14.9 Å². The van der Waals surface area contributed by atoms with Gasteiger partial charge in [0.25, 0.3) is 5.69 Å². The van der Waals surface area contributed by atoms with Crippen LogP contribution >= 0.6 is 35.0 Å². The van der Waals surface area contributed by atoms with Gasteiger partial charge in [-0.15, -0.1) is 0 Å². The molecular weight excluding hydrogens is 519 g/mol. The number of hydrogen-bond donors (Lipinski definition) is 1. The molecule has 1 amide bonds. The highest BCUT2D eigenvalue weighted by molar-refractivity contribution is 8.00. The summed E-state index contributed by atoms with van der Waals surface area (Å²) in [6.45, 7) is 0. The Morgan fingerprint density at radius 1 is 1.00 bits per heavy atom. The Morgan fingerprint density at radius 3 is 2.39 bits per heavy atom. The third-order valence-corrected chi connectivity index (χ3v) is 6.73. The lowest BCUT2D eigenvalue weighted by Crippen LogP contribution is -2.14. The van der Waals surface area contributed by atoms with E-state index in [1.807, 2.05) is 48.5 Å². The zero-order chi connectivity index (χ0) is 25.7. The lowest BCUT2D eigenvalue weighted by Gasteiger charge is -2.13. The molecule has 0 fully saturated rings. The fraction of sp³-hybridized carbons (Fsp3) is 0.0385. The third-order valence-electron chi connectivity index (χ3n) is 5.11. The van der Waals surface area contributed by atoms with Gasteiger partial charge in [-0.2, -0.15) is 5.26 Å². The molecule has 0 saturated heterocycles. The van der Waals surface area contributed by atoms with Gasteiger partial charge in [0.15, 0.2) is 0 Å². The van der Waals surface area contributed by atoms with Gasteiger partial charge in [0.1, 0.15) is 11.1 Å². The summed E-state index contributed by atoms with van der Waals surface area (Å²) in [5.41, 5.74) is 3.13. The summed E-state index contributed by atoms with van der Waals surface area (Å²) in [6, 6.07) is 24.5. The second-order valence-corrected chi connectivity index (χ2v) is 9.23. The van der Waals surface area contributed by atoms with Gasteiger partial charge >= 0.3 is 0 Å². The van der Waals surface area contributed by atoms with Crippen molar-refractivity contribution in [1.29, 1.82) is 5.26 Å². The fourth-order valence-corrected chi connectivity index (χ4v) is 4.68. The van der Waals surface area contributed by atoms with Crippen molar-refractivity contribution in [1.82, 2.24) is 4.98 Å². The van der Waals surface area contributed by atoms with Gasteiger partial charge in [0, 0.05) is 33.8 Å². The van der Waals surface area contributed by atoms with E-state index in [2.05, 4.69) is 16.4 Å². The molecule has 0 atom stereocenters. The second kappa shape index (κ2) is 11.2. The van der Waals surface area contributed by atoms with E-state index in [1.165, 1.54) is 18.2 Å². The van der Waals surface area contributed by atoms with Crippen molar-refractivity contribution in [3.8, 4) is 28.5 Å². The smallest absolute Gasteiger partial charge is 0.271 e. The molecule has 7 nitrogen and oxygen atoms in total. The lowest BCUT2D eigenvalue weighted by atomic mass is 9.99. The van der Waals surface area contributed by atoms with Crippen molar-refractivity contribution in [3.63, 3.8) is 0 Å².